The Morgan fingerprint density at radius 2 is 2.06 bits per heavy atom. The van der Waals surface area contributed by atoms with Gasteiger partial charge in [0.15, 0.2) is 0 Å². The number of sulfone groups is 1. The van der Waals surface area contributed by atoms with Gasteiger partial charge >= 0.3 is 0 Å². The van der Waals surface area contributed by atoms with Crippen LogP contribution < -0.4 is 5.32 Å². The minimum Gasteiger partial charge on any atom is -0.317 e. The van der Waals surface area contributed by atoms with Crippen LogP contribution in [0.3, 0.4) is 0 Å². The van der Waals surface area contributed by atoms with Crippen molar-refractivity contribution in [1.29, 1.82) is 0 Å². The molecule has 0 fully saturated rings. The molecule has 2 rings (SSSR count). The van der Waals surface area contributed by atoms with Gasteiger partial charge in [-0.1, -0.05) is 12.1 Å². The minimum absolute atomic E-state index is 0.332. The number of benzene rings is 1. The highest BCUT2D eigenvalue weighted by molar-refractivity contribution is 7.95. The lowest BCUT2D eigenvalue weighted by Crippen LogP contribution is -2.23. The van der Waals surface area contributed by atoms with Gasteiger partial charge in [-0.3, -0.25) is 0 Å². The maximum absolute atomic E-state index is 12.0. The summed E-state index contributed by atoms with van der Waals surface area (Å²) in [5.74, 6) is 0. The number of likely N-dealkylation sites (N-methyl/N-ethyl adjacent to an activating group) is 1. The largest absolute Gasteiger partial charge is 0.317 e. The molecule has 1 atom stereocenters. The third-order valence-electron chi connectivity index (χ3n) is 3.24. The molecule has 1 N–H and O–H groups in total. The monoisotopic (exact) mass is 251 g/mol. The quantitative estimate of drug-likeness (QED) is 0.893. The van der Waals surface area contributed by atoms with Gasteiger partial charge in [0.05, 0.1) is 4.90 Å². The number of hydrogen-bond donors (Lipinski definition) is 1. The normalized spacial score (nSPS) is 18.6. The summed E-state index contributed by atoms with van der Waals surface area (Å²) in [6.45, 7) is 3.74. The molecule has 0 amide bonds. The molecular formula is C13H17NO2S. The first-order chi connectivity index (χ1) is 7.96. The van der Waals surface area contributed by atoms with Gasteiger partial charge in [-0.05, 0) is 50.6 Å². The number of rotatable bonds is 3. The predicted octanol–water partition coefficient (Wildman–Crippen LogP) is 1.99. The van der Waals surface area contributed by atoms with Crippen molar-refractivity contribution in [3.05, 3.63) is 34.2 Å². The standard InChI is InChI=1S/C13H17NO2S/c1-9(14-3)7-11-5-4-6-13-12(11)8-10(2)17(13,15)16/h4-6,8-9,14H,7H2,1-3H3. The second-order valence-electron chi connectivity index (χ2n) is 4.48. The molecule has 1 heterocycles. The van der Waals surface area contributed by atoms with Crippen LogP contribution in [0.25, 0.3) is 6.08 Å². The Hall–Kier alpha value is -1.13. The summed E-state index contributed by atoms with van der Waals surface area (Å²) >= 11 is 0. The molecule has 0 radical (unpaired) electrons. The number of allylic oxidation sites excluding steroid dienone is 1. The van der Waals surface area contributed by atoms with Gasteiger partial charge in [-0.25, -0.2) is 8.42 Å². The van der Waals surface area contributed by atoms with E-state index in [2.05, 4.69) is 12.2 Å². The molecule has 0 saturated heterocycles. The molecule has 0 aliphatic carbocycles. The first-order valence-electron chi connectivity index (χ1n) is 5.69. The second kappa shape index (κ2) is 4.27. The molecule has 1 aromatic rings. The lowest BCUT2D eigenvalue weighted by Gasteiger charge is -2.12. The van der Waals surface area contributed by atoms with E-state index in [9.17, 15) is 8.42 Å². The van der Waals surface area contributed by atoms with E-state index in [0.29, 0.717) is 15.8 Å². The van der Waals surface area contributed by atoms with Crippen molar-refractivity contribution in [3.63, 3.8) is 0 Å². The van der Waals surface area contributed by atoms with Crippen molar-refractivity contribution >= 4 is 15.9 Å². The average Bonchev–Trinajstić information content (AvgIpc) is 2.52. The lowest BCUT2D eigenvalue weighted by atomic mass is 10.0. The van der Waals surface area contributed by atoms with E-state index in [1.54, 1.807) is 19.1 Å². The smallest absolute Gasteiger partial charge is 0.203 e. The summed E-state index contributed by atoms with van der Waals surface area (Å²) in [5.41, 5.74) is 1.96. The van der Waals surface area contributed by atoms with Crippen LogP contribution in [-0.2, 0) is 16.3 Å². The zero-order chi connectivity index (χ0) is 12.6. The third kappa shape index (κ3) is 2.03. The van der Waals surface area contributed by atoms with Crippen LogP contribution in [0, 0.1) is 0 Å². The van der Waals surface area contributed by atoms with Crippen molar-refractivity contribution in [2.45, 2.75) is 31.2 Å². The van der Waals surface area contributed by atoms with Crippen molar-refractivity contribution in [1.82, 2.24) is 5.32 Å². The molecule has 92 valence electrons. The zero-order valence-corrected chi connectivity index (χ0v) is 11.1. The van der Waals surface area contributed by atoms with E-state index in [0.717, 1.165) is 17.5 Å². The summed E-state index contributed by atoms with van der Waals surface area (Å²) in [4.78, 5) is 0.896. The zero-order valence-electron chi connectivity index (χ0n) is 10.3. The van der Waals surface area contributed by atoms with Crippen LogP contribution in [0.5, 0.6) is 0 Å². The van der Waals surface area contributed by atoms with Crippen molar-refractivity contribution in [2.24, 2.45) is 0 Å². The molecule has 1 aliphatic heterocycles. The molecule has 1 aromatic carbocycles. The first-order valence-corrected chi connectivity index (χ1v) is 7.17. The molecule has 17 heavy (non-hydrogen) atoms. The van der Waals surface area contributed by atoms with Gasteiger partial charge in [0, 0.05) is 10.9 Å². The minimum atomic E-state index is -3.21. The fourth-order valence-electron chi connectivity index (χ4n) is 2.05. The van der Waals surface area contributed by atoms with Crippen molar-refractivity contribution in [2.75, 3.05) is 7.05 Å². The van der Waals surface area contributed by atoms with Gasteiger partial charge in [0.2, 0.25) is 9.84 Å². The fraction of sp³-hybridized carbons (Fsp3) is 0.385. The summed E-state index contributed by atoms with van der Waals surface area (Å²) in [7, 11) is -1.30. The molecule has 0 aromatic heterocycles. The van der Waals surface area contributed by atoms with E-state index in [4.69, 9.17) is 0 Å². The summed E-state index contributed by atoms with van der Waals surface area (Å²) in [6, 6.07) is 5.83. The van der Waals surface area contributed by atoms with Gasteiger partial charge in [-0.15, -0.1) is 0 Å². The van der Waals surface area contributed by atoms with E-state index in [-0.39, 0.29) is 0 Å². The SMILES string of the molecule is CNC(C)Cc1cccc2c1C=C(C)S2(=O)=O. The molecule has 1 aliphatic rings. The highest BCUT2D eigenvalue weighted by Crippen LogP contribution is 2.34. The Morgan fingerprint density at radius 3 is 2.71 bits per heavy atom. The highest BCUT2D eigenvalue weighted by atomic mass is 32.2. The topological polar surface area (TPSA) is 46.2 Å². The first kappa shape index (κ1) is 12.3. The number of nitrogens with one attached hydrogen (secondary N) is 1. The highest BCUT2D eigenvalue weighted by Gasteiger charge is 2.27. The third-order valence-corrected chi connectivity index (χ3v) is 5.14. The molecular weight excluding hydrogens is 234 g/mol. The summed E-state index contributed by atoms with van der Waals surface area (Å²) in [5, 5.41) is 3.17. The summed E-state index contributed by atoms with van der Waals surface area (Å²) in [6.07, 6.45) is 2.61. The molecule has 0 saturated carbocycles. The lowest BCUT2D eigenvalue weighted by molar-refractivity contribution is 0.600. The maximum Gasteiger partial charge on any atom is 0.203 e. The Kier molecular flexibility index (Phi) is 3.10. The van der Waals surface area contributed by atoms with Gasteiger partial charge in [-0.2, -0.15) is 0 Å². The Bertz CT molecular complexity index is 573. The van der Waals surface area contributed by atoms with E-state index >= 15 is 0 Å². The van der Waals surface area contributed by atoms with Crippen molar-refractivity contribution in [3.8, 4) is 0 Å². The van der Waals surface area contributed by atoms with Gasteiger partial charge < -0.3 is 5.32 Å². The number of fused-ring (bicyclic) bond motifs is 1. The number of hydrogen-bond acceptors (Lipinski definition) is 3. The van der Waals surface area contributed by atoms with Crippen LogP contribution in [0.4, 0.5) is 0 Å². The summed E-state index contributed by atoms with van der Waals surface area (Å²) < 4.78 is 24.0. The maximum atomic E-state index is 12.0. The fourth-order valence-corrected chi connectivity index (χ4v) is 3.41. The second-order valence-corrected chi connectivity index (χ2v) is 6.57. The molecule has 3 nitrogen and oxygen atoms in total. The van der Waals surface area contributed by atoms with Crippen molar-refractivity contribution < 1.29 is 8.42 Å². The van der Waals surface area contributed by atoms with E-state index < -0.39 is 9.84 Å². The van der Waals surface area contributed by atoms with Crippen LogP contribution >= 0.6 is 0 Å². The molecule has 0 spiro atoms. The predicted molar refractivity (Wildman–Crippen MR) is 69.5 cm³/mol. The Balaban J connectivity index is 2.51. The molecule has 1 unspecified atom stereocenters. The van der Waals surface area contributed by atoms with E-state index in [1.807, 2.05) is 19.2 Å². The van der Waals surface area contributed by atoms with Crippen LogP contribution in [0.2, 0.25) is 0 Å². The molecule has 0 bridgehead atoms. The Labute approximate surface area is 102 Å². The Morgan fingerprint density at radius 1 is 1.35 bits per heavy atom. The van der Waals surface area contributed by atoms with Crippen LogP contribution in [0.1, 0.15) is 25.0 Å². The van der Waals surface area contributed by atoms with Crippen LogP contribution in [0.15, 0.2) is 28.0 Å². The van der Waals surface area contributed by atoms with Gasteiger partial charge in [0.1, 0.15) is 0 Å². The van der Waals surface area contributed by atoms with Crippen LogP contribution in [-0.4, -0.2) is 21.5 Å². The molecule has 4 heteroatoms. The van der Waals surface area contributed by atoms with E-state index in [1.165, 1.54) is 0 Å². The average molecular weight is 251 g/mol. The van der Waals surface area contributed by atoms with Gasteiger partial charge in [0.25, 0.3) is 0 Å².